The van der Waals surface area contributed by atoms with Crippen LogP contribution in [0.3, 0.4) is 0 Å². The Balaban J connectivity index is 2.12. The van der Waals surface area contributed by atoms with E-state index in [2.05, 4.69) is 9.97 Å². The van der Waals surface area contributed by atoms with Gasteiger partial charge in [-0.05, 0) is 6.92 Å². The third-order valence-electron chi connectivity index (χ3n) is 3.10. The summed E-state index contributed by atoms with van der Waals surface area (Å²) in [6.45, 7) is 1.55. The second-order valence-corrected chi connectivity index (χ2v) is 5.47. The van der Waals surface area contributed by atoms with Gasteiger partial charge in [-0.3, -0.25) is 9.36 Å². The van der Waals surface area contributed by atoms with Gasteiger partial charge in [0.05, 0.1) is 23.6 Å². The van der Waals surface area contributed by atoms with Crippen LogP contribution in [-0.2, 0) is 4.74 Å². The molecular weight excluding hydrogens is 270 g/mol. The fraction of sp³-hybridized carbons (Fsp3) is 0.545. The summed E-state index contributed by atoms with van der Waals surface area (Å²) in [5.41, 5.74) is 0.463. The second kappa shape index (κ2) is 4.64. The van der Waals surface area contributed by atoms with Gasteiger partial charge < -0.3 is 14.9 Å². The zero-order valence-electron chi connectivity index (χ0n) is 10.2. The predicted octanol–water partition coefficient (Wildman–Crippen LogP) is -0.198. The fourth-order valence-corrected chi connectivity index (χ4v) is 3.04. The summed E-state index contributed by atoms with van der Waals surface area (Å²) in [7, 11) is 0. The molecule has 0 saturated carbocycles. The molecule has 8 heteroatoms. The van der Waals surface area contributed by atoms with Crippen molar-refractivity contribution in [1.29, 1.82) is 0 Å². The maximum atomic E-state index is 12.0. The number of hydrogen-bond acceptors (Lipinski definition) is 7. The Hall–Kier alpha value is -1.35. The van der Waals surface area contributed by atoms with Crippen LogP contribution in [0.5, 0.6) is 0 Å². The van der Waals surface area contributed by atoms with Gasteiger partial charge in [0.15, 0.2) is 11.9 Å². The molecule has 7 nitrogen and oxygen atoms in total. The Morgan fingerprint density at radius 2 is 2.42 bits per heavy atom. The van der Waals surface area contributed by atoms with Crippen molar-refractivity contribution in [3.63, 3.8) is 0 Å². The molecule has 0 aliphatic carbocycles. The first-order valence-corrected chi connectivity index (χ1v) is 6.71. The molecule has 1 saturated heterocycles. The second-order valence-electron chi connectivity index (χ2n) is 4.48. The van der Waals surface area contributed by atoms with E-state index in [1.807, 2.05) is 0 Å². The van der Waals surface area contributed by atoms with E-state index >= 15 is 0 Å². The van der Waals surface area contributed by atoms with Crippen LogP contribution in [0.4, 0.5) is 0 Å². The molecule has 1 fully saturated rings. The Morgan fingerprint density at radius 1 is 1.63 bits per heavy atom. The van der Waals surface area contributed by atoms with E-state index in [1.165, 1.54) is 4.57 Å². The van der Waals surface area contributed by atoms with Crippen LogP contribution in [0.2, 0.25) is 0 Å². The Kier molecular flexibility index (Phi) is 3.09. The summed E-state index contributed by atoms with van der Waals surface area (Å²) in [4.78, 5) is 20.1. The van der Waals surface area contributed by atoms with E-state index in [4.69, 9.17) is 9.84 Å². The molecule has 0 radical (unpaired) electrons. The third kappa shape index (κ3) is 2.06. The first kappa shape index (κ1) is 12.7. The summed E-state index contributed by atoms with van der Waals surface area (Å²) < 4.78 is 7.50. The van der Waals surface area contributed by atoms with E-state index < -0.39 is 18.4 Å². The number of ether oxygens (including phenoxy) is 1. The molecule has 1 unspecified atom stereocenters. The summed E-state index contributed by atoms with van der Waals surface area (Å²) in [5.74, 6) is 0.547. The molecule has 2 N–H and O–H groups in total. The van der Waals surface area contributed by atoms with Gasteiger partial charge >= 0.3 is 4.87 Å². The van der Waals surface area contributed by atoms with Gasteiger partial charge in [-0.2, -0.15) is 0 Å². The Bertz CT molecular complexity index is 667. The van der Waals surface area contributed by atoms with Crippen molar-refractivity contribution in [2.75, 3.05) is 6.61 Å². The lowest BCUT2D eigenvalue weighted by Gasteiger charge is -2.15. The molecule has 3 atom stereocenters. The number of aryl methyl sites for hydroxylation is 1. The van der Waals surface area contributed by atoms with Gasteiger partial charge in [-0.1, -0.05) is 11.3 Å². The van der Waals surface area contributed by atoms with Gasteiger partial charge in [0.1, 0.15) is 11.9 Å². The SMILES string of the molecule is Cc1ncc2sc(=O)n(C3O[C@H](CO)C[C@H]3O)c2n1. The van der Waals surface area contributed by atoms with Crippen molar-refractivity contribution in [3.8, 4) is 0 Å². The minimum Gasteiger partial charge on any atom is -0.394 e. The van der Waals surface area contributed by atoms with Crippen molar-refractivity contribution in [2.45, 2.75) is 31.8 Å². The van der Waals surface area contributed by atoms with Gasteiger partial charge in [0.2, 0.25) is 0 Å². The fourth-order valence-electron chi connectivity index (χ4n) is 2.23. The molecule has 3 rings (SSSR count). The summed E-state index contributed by atoms with van der Waals surface area (Å²) in [6.07, 6.45) is -0.194. The third-order valence-corrected chi connectivity index (χ3v) is 3.98. The molecule has 19 heavy (non-hydrogen) atoms. The number of aliphatic hydroxyl groups excluding tert-OH is 2. The van der Waals surface area contributed by atoms with Gasteiger partial charge in [-0.15, -0.1) is 0 Å². The lowest BCUT2D eigenvalue weighted by Crippen LogP contribution is -2.27. The van der Waals surface area contributed by atoms with E-state index in [0.29, 0.717) is 22.6 Å². The summed E-state index contributed by atoms with van der Waals surface area (Å²) >= 11 is 1.01. The number of hydrogen-bond donors (Lipinski definition) is 2. The van der Waals surface area contributed by atoms with Crippen molar-refractivity contribution < 1.29 is 14.9 Å². The van der Waals surface area contributed by atoms with E-state index in [-0.39, 0.29) is 11.5 Å². The lowest BCUT2D eigenvalue weighted by molar-refractivity contribution is -0.0495. The van der Waals surface area contributed by atoms with Gasteiger partial charge in [0, 0.05) is 6.42 Å². The van der Waals surface area contributed by atoms with Gasteiger partial charge in [-0.25, -0.2) is 9.97 Å². The van der Waals surface area contributed by atoms with Crippen LogP contribution in [0.1, 0.15) is 18.5 Å². The van der Waals surface area contributed by atoms with Crippen molar-refractivity contribution >= 4 is 21.7 Å². The molecule has 0 amide bonds. The zero-order valence-corrected chi connectivity index (χ0v) is 11.0. The smallest absolute Gasteiger partial charge is 0.311 e. The average Bonchev–Trinajstić information content (AvgIpc) is 2.88. The molecular formula is C11H13N3O4S. The lowest BCUT2D eigenvalue weighted by atomic mass is 10.2. The molecule has 102 valence electrons. The minimum atomic E-state index is -0.831. The van der Waals surface area contributed by atoms with Crippen LogP contribution < -0.4 is 4.87 Å². The molecule has 1 aliphatic heterocycles. The maximum Gasteiger partial charge on any atom is 0.311 e. The highest BCUT2D eigenvalue weighted by atomic mass is 32.1. The standard InChI is InChI=1S/C11H13N3O4S/c1-5-12-3-8-9(13-5)14(11(17)19-8)10-7(16)2-6(4-15)18-10/h3,6-7,10,15-16H,2,4H2,1H3/t6-,7+,10?/m0/s1. The first-order valence-electron chi connectivity index (χ1n) is 5.89. The van der Waals surface area contributed by atoms with Crippen molar-refractivity contribution in [2.24, 2.45) is 0 Å². The Morgan fingerprint density at radius 3 is 3.11 bits per heavy atom. The number of fused-ring (bicyclic) bond motifs is 1. The van der Waals surface area contributed by atoms with Crippen LogP contribution in [0.15, 0.2) is 11.0 Å². The normalized spacial score (nSPS) is 27.2. The zero-order chi connectivity index (χ0) is 13.6. The van der Waals surface area contributed by atoms with Crippen LogP contribution in [0, 0.1) is 6.92 Å². The van der Waals surface area contributed by atoms with Crippen molar-refractivity contribution in [1.82, 2.24) is 14.5 Å². The maximum absolute atomic E-state index is 12.0. The minimum absolute atomic E-state index is 0.182. The number of rotatable bonds is 2. The van der Waals surface area contributed by atoms with E-state index in [9.17, 15) is 9.90 Å². The molecule has 2 aromatic heterocycles. The largest absolute Gasteiger partial charge is 0.394 e. The molecule has 0 bridgehead atoms. The average molecular weight is 283 g/mol. The summed E-state index contributed by atoms with van der Waals surface area (Å²) in [5, 5.41) is 19.1. The number of aromatic nitrogens is 3. The topological polar surface area (TPSA) is 97.5 Å². The molecule has 0 aromatic carbocycles. The predicted molar refractivity (Wildman–Crippen MR) is 68.0 cm³/mol. The highest BCUT2D eigenvalue weighted by Gasteiger charge is 2.37. The van der Waals surface area contributed by atoms with Crippen LogP contribution >= 0.6 is 11.3 Å². The number of aliphatic hydroxyl groups is 2. The molecule has 1 aliphatic rings. The highest BCUT2D eigenvalue weighted by Crippen LogP contribution is 2.30. The molecule has 0 spiro atoms. The molecule has 3 heterocycles. The highest BCUT2D eigenvalue weighted by molar-refractivity contribution is 7.16. The first-order chi connectivity index (χ1) is 9.10. The van der Waals surface area contributed by atoms with Crippen LogP contribution in [-0.4, -0.2) is 43.6 Å². The van der Waals surface area contributed by atoms with Gasteiger partial charge in [0.25, 0.3) is 0 Å². The number of thiazole rings is 1. The Labute approximate surface area is 112 Å². The quantitative estimate of drug-likeness (QED) is 0.792. The molecule has 2 aromatic rings. The van der Waals surface area contributed by atoms with E-state index in [1.54, 1.807) is 13.1 Å². The van der Waals surface area contributed by atoms with Crippen LogP contribution in [0.25, 0.3) is 10.3 Å². The number of nitrogens with zero attached hydrogens (tertiary/aromatic N) is 3. The van der Waals surface area contributed by atoms with E-state index in [0.717, 1.165) is 11.3 Å². The summed E-state index contributed by atoms with van der Waals surface area (Å²) in [6, 6.07) is 0. The van der Waals surface area contributed by atoms with Crippen molar-refractivity contribution in [3.05, 3.63) is 21.7 Å². The monoisotopic (exact) mass is 283 g/mol.